The monoisotopic (exact) mass is 305 g/mol. The Morgan fingerprint density at radius 2 is 2.17 bits per heavy atom. The largest absolute Gasteiger partial charge is 0.358 e. The summed E-state index contributed by atoms with van der Waals surface area (Å²) in [4.78, 5) is 10.4. The number of aromatic nitrogens is 2. The Kier molecular flexibility index (Phi) is 3.88. The van der Waals surface area contributed by atoms with Gasteiger partial charge in [-0.05, 0) is 56.1 Å². The van der Waals surface area contributed by atoms with E-state index in [0.717, 1.165) is 19.0 Å². The molecule has 1 aromatic carbocycles. The minimum atomic E-state index is 0.747. The lowest BCUT2D eigenvalue weighted by molar-refractivity contribution is 0.271. The van der Waals surface area contributed by atoms with E-state index in [1.807, 2.05) is 18.5 Å². The van der Waals surface area contributed by atoms with Crippen LogP contribution in [-0.2, 0) is 6.42 Å². The van der Waals surface area contributed by atoms with Crippen molar-refractivity contribution < 1.29 is 0 Å². The fraction of sp³-hybridized carbons (Fsp3) is 0.350. The van der Waals surface area contributed by atoms with Gasteiger partial charge in [-0.2, -0.15) is 0 Å². The molecule has 4 rings (SSSR count). The molecule has 1 aliphatic rings. The highest BCUT2D eigenvalue weighted by molar-refractivity contribution is 5.85. The number of aromatic amines is 1. The molecule has 0 aliphatic carbocycles. The molecule has 23 heavy (non-hydrogen) atoms. The SMILES string of the molecule is C[C@@H]1CCCN1CCc1cc2cc(-c3cccnc3)ccc2[nH]1. The van der Waals surface area contributed by atoms with E-state index in [2.05, 4.69) is 52.1 Å². The van der Waals surface area contributed by atoms with Gasteiger partial charge < -0.3 is 9.88 Å². The molecule has 0 radical (unpaired) electrons. The molecule has 0 bridgehead atoms. The molecule has 0 saturated carbocycles. The zero-order valence-corrected chi connectivity index (χ0v) is 13.6. The molecular weight excluding hydrogens is 282 g/mol. The molecule has 2 aromatic heterocycles. The lowest BCUT2D eigenvalue weighted by Crippen LogP contribution is -2.29. The molecule has 3 heteroatoms. The van der Waals surface area contributed by atoms with Crippen LogP contribution < -0.4 is 0 Å². The van der Waals surface area contributed by atoms with Crippen molar-refractivity contribution in [3.63, 3.8) is 0 Å². The van der Waals surface area contributed by atoms with Gasteiger partial charge in [-0.15, -0.1) is 0 Å². The van der Waals surface area contributed by atoms with Crippen molar-refractivity contribution in [3.8, 4) is 11.1 Å². The number of benzene rings is 1. The minimum absolute atomic E-state index is 0.747. The standard InChI is InChI=1S/C20H23N3/c1-15-4-3-10-23(15)11-8-19-13-18-12-16(6-7-20(18)22-19)17-5-2-9-21-14-17/h2,5-7,9,12-15,22H,3-4,8,10-11H2,1H3/t15-/m1/s1. The van der Waals surface area contributed by atoms with E-state index in [9.17, 15) is 0 Å². The highest BCUT2D eigenvalue weighted by Crippen LogP contribution is 2.25. The zero-order valence-electron chi connectivity index (χ0n) is 13.6. The first-order valence-corrected chi connectivity index (χ1v) is 8.56. The number of hydrogen-bond donors (Lipinski definition) is 1. The summed E-state index contributed by atoms with van der Waals surface area (Å²) in [5.41, 5.74) is 4.96. The van der Waals surface area contributed by atoms with Gasteiger partial charge in [0.1, 0.15) is 0 Å². The molecular formula is C20H23N3. The van der Waals surface area contributed by atoms with Gasteiger partial charge in [0.05, 0.1) is 0 Å². The third-order valence-corrected chi connectivity index (χ3v) is 5.03. The molecule has 1 atom stereocenters. The maximum Gasteiger partial charge on any atom is 0.0456 e. The van der Waals surface area contributed by atoms with E-state index in [1.54, 1.807) is 0 Å². The van der Waals surface area contributed by atoms with Crippen LogP contribution in [0.4, 0.5) is 0 Å². The van der Waals surface area contributed by atoms with Crippen LogP contribution in [0, 0.1) is 0 Å². The Labute approximate surface area is 137 Å². The minimum Gasteiger partial charge on any atom is -0.358 e. The maximum absolute atomic E-state index is 4.21. The Hall–Kier alpha value is -2.13. The summed E-state index contributed by atoms with van der Waals surface area (Å²) in [5, 5.41) is 1.29. The van der Waals surface area contributed by atoms with Crippen LogP contribution in [0.5, 0.6) is 0 Å². The summed E-state index contributed by atoms with van der Waals surface area (Å²) in [6.07, 6.45) is 7.53. The third kappa shape index (κ3) is 3.02. The zero-order chi connectivity index (χ0) is 15.6. The molecule has 118 valence electrons. The average molecular weight is 305 g/mol. The van der Waals surface area contributed by atoms with E-state index in [0.29, 0.717) is 0 Å². The molecule has 0 unspecified atom stereocenters. The molecule has 3 aromatic rings. The predicted octanol–water partition coefficient (Wildman–Crippen LogP) is 4.26. The van der Waals surface area contributed by atoms with Crippen molar-refractivity contribution in [2.45, 2.75) is 32.2 Å². The number of H-pyrrole nitrogens is 1. The highest BCUT2D eigenvalue weighted by atomic mass is 15.2. The van der Waals surface area contributed by atoms with Crippen molar-refractivity contribution in [1.29, 1.82) is 0 Å². The summed E-state index contributed by atoms with van der Waals surface area (Å²) >= 11 is 0. The normalized spacial score (nSPS) is 18.7. The van der Waals surface area contributed by atoms with Crippen LogP contribution in [0.15, 0.2) is 48.8 Å². The van der Waals surface area contributed by atoms with E-state index < -0.39 is 0 Å². The van der Waals surface area contributed by atoms with Gasteiger partial charge in [0.2, 0.25) is 0 Å². The molecule has 0 spiro atoms. The van der Waals surface area contributed by atoms with Crippen molar-refractivity contribution in [1.82, 2.24) is 14.9 Å². The number of rotatable bonds is 4. The first-order chi connectivity index (χ1) is 11.3. The summed E-state index contributed by atoms with van der Waals surface area (Å²) in [7, 11) is 0. The van der Waals surface area contributed by atoms with Gasteiger partial charge >= 0.3 is 0 Å². The molecule has 1 N–H and O–H groups in total. The summed E-state index contributed by atoms with van der Waals surface area (Å²) in [6.45, 7) is 4.76. The lowest BCUT2D eigenvalue weighted by atomic mass is 10.1. The number of nitrogens with one attached hydrogen (secondary N) is 1. The van der Waals surface area contributed by atoms with E-state index in [-0.39, 0.29) is 0 Å². The van der Waals surface area contributed by atoms with Crippen molar-refractivity contribution >= 4 is 10.9 Å². The summed E-state index contributed by atoms with van der Waals surface area (Å²) in [6, 6.07) is 13.7. The van der Waals surface area contributed by atoms with Gasteiger partial charge in [-0.25, -0.2) is 0 Å². The number of hydrogen-bond acceptors (Lipinski definition) is 2. The van der Waals surface area contributed by atoms with Gasteiger partial charge in [-0.3, -0.25) is 4.98 Å². The topological polar surface area (TPSA) is 31.9 Å². The third-order valence-electron chi connectivity index (χ3n) is 5.03. The van der Waals surface area contributed by atoms with Crippen LogP contribution in [-0.4, -0.2) is 34.0 Å². The highest BCUT2D eigenvalue weighted by Gasteiger charge is 2.19. The second-order valence-corrected chi connectivity index (χ2v) is 6.62. The Morgan fingerprint density at radius 3 is 2.96 bits per heavy atom. The van der Waals surface area contributed by atoms with E-state index in [1.165, 1.54) is 47.1 Å². The molecule has 3 heterocycles. The molecule has 0 amide bonds. The van der Waals surface area contributed by atoms with Crippen molar-refractivity contribution in [2.75, 3.05) is 13.1 Å². The smallest absolute Gasteiger partial charge is 0.0456 e. The number of pyridine rings is 1. The Balaban J connectivity index is 1.54. The second kappa shape index (κ2) is 6.17. The summed E-state index contributed by atoms with van der Waals surface area (Å²) in [5.74, 6) is 0. The average Bonchev–Trinajstić information content (AvgIpc) is 3.18. The fourth-order valence-corrected chi connectivity index (χ4v) is 3.63. The quantitative estimate of drug-likeness (QED) is 0.781. The van der Waals surface area contributed by atoms with Crippen molar-refractivity contribution in [2.24, 2.45) is 0 Å². The predicted molar refractivity (Wildman–Crippen MR) is 95.5 cm³/mol. The maximum atomic E-state index is 4.21. The van der Waals surface area contributed by atoms with Crippen LogP contribution in [0.25, 0.3) is 22.0 Å². The van der Waals surface area contributed by atoms with Gasteiger partial charge in [0.15, 0.2) is 0 Å². The van der Waals surface area contributed by atoms with E-state index in [4.69, 9.17) is 0 Å². The number of fused-ring (bicyclic) bond motifs is 1. The molecule has 1 saturated heterocycles. The number of likely N-dealkylation sites (tertiary alicyclic amines) is 1. The summed E-state index contributed by atoms with van der Waals surface area (Å²) < 4.78 is 0. The van der Waals surface area contributed by atoms with Crippen LogP contribution in [0.2, 0.25) is 0 Å². The lowest BCUT2D eigenvalue weighted by Gasteiger charge is -2.20. The van der Waals surface area contributed by atoms with Crippen LogP contribution >= 0.6 is 0 Å². The molecule has 1 aliphatic heterocycles. The first kappa shape index (κ1) is 14.5. The van der Waals surface area contributed by atoms with Crippen LogP contribution in [0.3, 0.4) is 0 Å². The Morgan fingerprint density at radius 1 is 1.22 bits per heavy atom. The van der Waals surface area contributed by atoms with Gasteiger partial charge in [-0.1, -0.05) is 12.1 Å². The molecule has 3 nitrogen and oxygen atoms in total. The number of nitrogens with zero attached hydrogens (tertiary/aromatic N) is 2. The first-order valence-electron chi connectivity index (χ1n) is 8.56. The Bertz CT molecular complexity index is 791. The van der Waals surface area contributed by atoms with E-state index >= 15 is 0 Å². The second-order valence-electron chi connectivity index (χ2n) is 6.62. The van der Waals surface area contributed by atoms with Gasteiger partial charge in [0.25, 0.3) is 0 Å². The van der Waals surface area contributed by atoms with Gasteiger partial charge in [0, 0.05) is 53.6 Å². The van der Waals surface area contributed by atoms with Crippen LogP contribution in [0.1, 0.15) is 25.5 Å². The molecule has 1 fully saturated rings. The fourth-order valence-electron chi connectivity index (χ4n) is 3.63. The van der Waals surface area contributed by atoms with Crippen molar-refractivity contribution in [3.05, 3.63) is 54.5 Å².